The van der Waals surface area contributed by atoms with E-state index in [0.29, 0.717) is 22.9 Å². The summed E-state index contributed by atoms with van der Waals surface area (Å²) in [4.78, 5) is 0. The highest BCUT2D eigenvalue weighted by molar-refractivity contribution is 6.74. The molecule has 1 aromatic carbocycles. The van der Waals surface area contributed by atoms with Crippen molar-refractivity contribution in [1.29, 1.82) is 0 Å². The van der Waals surface area contributed by atoms with Crippen LogP contribution in [0.2, 0.25) is 18.1 Å². The summed E-state index contributed by atoms with van der Waals surface area (Å²) in [5.74, 6) is 3.21. The second-order valence-corrected chi connectivity index (χ2v) is 20.0. The van der Waals surface area contributed by atoms with Gasteiger partial charge in [0.05, 0.1) is 11.7 Å². The average Bonchev–Trinajstić information content (AvgIpc) is 3.10. The van der Waals surface area contributed by atoms with Crippen LogP contribution in [0, 0.1) is 34.5 Å². The van der Waals surface area contributed by atoms with Crippen molar-refractivity contribution in [2.45, 2.75) is 129 Å². The molecule has 0 heterocycles. The summed E-state index contributed by atoms with van der Waals surface area (Å²) in [7, 11) is -1.76. The highest BCUT2D eigenvalue weighted by Crippen LogP contribution is 2.67. The van der Waals surface area contributed by atoms with Gasteiger partial charge in [-0.15, -0.1) is 0 Å². The summed E-state index contributed by atoms with van der Waals surface area (Å²) >= 11 is 0. The molecule has 4 aliphatic rings. The summed E-state index contributed by atoms with van der Waals surface area (Å²) in [5.41, 5.74) is 1.55. The smallest absolute Gasteiger partial charge is 0.192 e. The van der Waals surface area contributed by atoms with Gasteiger partial charge in [-0.2, -0.15) is 0 Å². The minimum Gasteiger partial charge on any atom is -0.413 e. The third-order valence-corrected chi connectivity index (χ3v) is 16.8. The zero-order valence-electron chi connectivity index (χ0n) is 23.7. The van der Waals surface area contributed by atoms with E-state index >= 15 is 0 Å². The summed E-state index contributed by atoms with van der Waals surface area (Å²) in [6.45, 7) is 17.3. The van der Waals surface area contributed by atoms with E-state index in [2.05, 4.69) is 78.0 Å². The van der Waals surface area contributed by atoms with Gasteiger partial charge in [-0.05, 0) is 116 Å². The van der Waals surface area contributed by atoms with Crippen molar-refractivity contribution in [3.05, 3.63) is 35.9 Å². The molecule has 0 unspecified atom stereocenters. The van der Waals surface area contributed by atoms with E-state index in [-0.39, 0.29) is 5.04 Å². The lowest BCUT2D eigenvalue weighted by Gasteiger charge is -2.62. The third kappa shape index (κ3) is 4.40. The molecule has 8 atom stereocenters. The minimum absolute atomic E-state index is 0.281. The zero-order valence-corrected chi connectivity index (χ0v) is 24.7. The Hall–Kier alpha value is -0.643. The fourth-order valence-electron chi connectivity index (χ4n) is 9.14. The largest absolute Gasteiger partial charge is 0.413 e. The first kappa shape index (κ1) is 26.0. The van der Waals surface area contributed by atoms with E-state index in [1.165, 1.54) is 50.5 Å². The van der Waals surface area contributed by atoms with E-state index in [9.17, 15) is 5.11 Å². The van der Waals surface area contributed by atoms with Gasteiger partial charge in [0.25, 0.3) is 0 Å². The quantitative estimate of drug-likeness (QED) is 0.424. The van der Waals surface area contributed by atoms with Crippen LogP contribution in [-0.4, -0.2) is 25.1 Å². The number of fused-ring (bicyclic) bond motifs is 5. The van der Waals surface area contributed by atoms with Gasteiger partial charge < -0.3 is 9.53 Å². The lowest BCUT2D eigenvalue weighted by Crippen LogP contribution is -2.57. The minimum atomic E-state index is -1.76. The normalized spacial score (nSPS) is 43.8. The molecule has 35 heavy (non-hydrogen) atoms. The number of hydrogen-bond acceptors (Lipinski definition) is 2. The van der Waals surface area contributed by atoms with Crippen LogP contribution in [0.15, 0.2) is 30.3 Å². The predicted molar refractivity (Wildman–Crippen MR) is 149 cm³/mol. The molecule has 1 aromatic rings. The van der Waals surface area contributed by atoms with Crippen LogP contribution < -0.4 is 0 Å². The maximum Gasteiger partial charge on any atom is 0.192 e. The molecule has 0 aromatic heterocycles. The molecular formula is C32H52O2Si. The number of benzene rings is 1. The first-order valence-corrected chi connectivity index (χ1v) is 17.6. The lowest BCUT2D eigenvalue weighted by atomic mass is 9.44. The molecule has 4 saturated carbocycles. The fraction of sp³-hybridized carbons (Fsp3) is 0.812. The van der Waals surface area contributed by atoms with E-state index in [1.807, 2.05) is 0 Å². The molecule has 0 amide bonds. The number of aliphatic hydroxyl groups is 1. The molecule has 1 N–H and O–H groups in total. The third-order valence-electron chi connectivity index (χ3n) is 12.4. The topological polar surface area (TPSA) is 29.5 Å². The fourth-order valence-corrected chi connectivity index (χ4v) is 10.6. The van der Waals surface area contributed by atoms with Crippen molar-refractivity contribution in [2.24, 2.45) is 34.5 Å². The molecule has 4 aliphatic carbocycles. The Bertz CT molecular complexity index is 906. The molecular weight excluding hydrogens is 444 g/mol. The van der Waals surface area contributed by atoms with Crippen LogP contribution in [0.25, 0.3) is 0 Å². The van der Waals surface area contributed by atoms with Crippen LogP contribution in [0.4, 0.5) is 0 Å². The van der Waals surface area contributed by atoms with Gasteiger partial charge in [-0.25, -0.2) is 0 Å². The first-order chi connectivity index (χ1) is 16.3. The van der Waals surface area contributed by atoms with Gasteiger partial charge in [0.1, 0.15) is 0 Å². The van der Waals surface area contributed by atoms with Gasteiger partial charge in [-0.3, -0.25) is 0 Å². The van der Waals surface area contributed by atoms with Gasteiger partial charge in [-0.1, -0.05) is 65.0 Å². The Morgan fingerprint density at radius 3 is 2.26 bits per heavy atom. The van der Waals surface area contributed by atoms with E-state index in [1.54, 1.807) is 0 Å². The zero-order chi connectivity index (χ0) is 25.3. The average molecular weight is 497 g/mol. The Morgan fingerprint density at radius 1 is 0.886 bits per heavy atom. The van der Waals surface area contributed by atoms with Crippen LogP contribution in [-0.2, 0) is 10.8 Å². The van der Waals surface area contributed by atoms with Crippen LogP contribution in [0.1, 0.15) is 98.0 Å². The molecule has 4 fully saturated rings. The summed E-state index contributed by atoms with van der Waals surface area (Å²) in [5, 5.41) is 11.9. The second-order valence-electron chi connectivity index (χ2n) is 15.2. The van der Waals surface area contributed by atoms with Crippen LogP contribution >= 0.6 is 0 Å². The molecule has 0 aliphatic heterocycles. The highest BCUT2D eigenvalue weighted by atomic mass is 28.4. The lowest BCUT2D eigenvalue weighted by molar-refractivity contribution is -0.153. The molecule has 0 bridgehead atoms. The van der Waals surface area contributed by atoms with Gasteiger partial charge >= 0.3 is 0 Å². The summed E-state index contributed by atoms with van der Waals surface area (Å²) in [6.07, 6.45) is 12.5. The Labute approximate surface area is 216 Å². The monoisotopic (exact) mass is 496 g/mol. The van der Waals surface area contributed by atoms with Crippen molar-refractivity contribution >= 4 is 8.32 Å². The predicted octanol–water partition coefficient (Wildman–Crippen LogP) is 8.39. The van der Waals surface area contributed by atoms with Crippen LogP contribution in [0.3, 0.4) is 0 Å². The second kappa shape index (κ2) is 8.70. The maximum atomic E-state index is 11.7. The number of hydrogen-bond donors (Lipinski definition) is 1. The van der Waals surface area contributed by atoms with Crippen molar-refractivity contribution in [3.8, 4) is 0 Å². The van der Waals surface area contributed by atoms with Gasteiger partial charge in [0.2, 0.25) is 0 Å². The van der Waals surface area contributed by atoms with Crippen molar-refractivity contribution in [3.63, 3.8) is 0 Å². The summed E-state index contributed by atoms with van der Waals surface area (Å²) < 4.78 is 7.14. The molecule has 0 saturated heterocycles. The molecule has 2 nitrogen and oxygen atoms in total. The van der Waals surface area contributed by atoms with Crippen molar-refractivity contribution in [1.82, 2.24) is 0 Å². The SMILES string of the molecule is CC(C)(C)[Si](C)(C)O[C@H]1CC[C@H]2[C@@H]3CC[C@H]4C[C@@](O)(Cc5ccccc5)CC[C@]4(C)[C@H]3CC[C@]12C. The van der Waals surface area contributed by atoms with Gasteiger partial charge in [0, 0.05) is 6.42 Å². The van der Waals surface area contributed by atoms with Crippen LogP contribution in [0.5, 0.6) is 0 Å². The maximum absolute atomic E-state index is 11.7. The standard InChI is InChI=1S/C32H52O2Si/c1-29(2,3)35(6,7)34-28-16-15-26-25-14-13-24-22-32(33,21-23-11-9-8-10-12-23)20-19-30(24,4)27(25)17-18-31(26,28)5/h8-12,24-28,33H,13-22H2,1-7H3/t24-,25-,26-,27-,28-,30-,31-,32-/m0/s1. The van der Waals surface area contributed by atoms with Crippen molar-refractivity contribution in [2.75, 3.05) is 0 Å². The Morgan fingerprint density at radius 2 is 1.57 bits per heavy atom. The van der Waals surface area contributed by atoms with Crippen molar-refractivity contribution < 1.29 is 9.53 Å². The van der Waals surface area contributed by atoms with Gasteiger partial charge in [0.15, 0.2) is 8.32 Å². The Kier molecular flexibility index (Phi) is 6.46. The molecule has 5 rings (SSSR count). The van der Waals surface area contributed by atoms with E-state index in [0.717, 1.165) is 37.0 Å². The molecule has 0 radical (unpaired) electrons. The number of rotatable bonds is 4. The molecule has 0 spiro atoms. The molecule has 196 valence electrons. The highest BCUT2D eigenvalue weighted by Gasteiger charge is 2.62. The molecule has 3 heteroatoms. The Balaban J connectivity index is 1.31. The summed E-state index contributed by atoms with van der Waals surface area (Å²) in [6, 6.07) is 10.7. The van der Waals surface area contributed by atoms with E-state index < -0.39 is 13.9 Å². The van der Waals surface area contributed by atoms with E-state index in [4.69, 9.17) is 4.43 Å². The first-order valence-electron chi connectivity index (χ1n) is 14.7.